The third kappa shape index (κ3) is 32.6. The third-order valence-corrected chi connectivity index (χ3v) is 9.01. The molecule has 0 unspecified atom stereocenters. The topological polar surface area (TPSA) is 193 Å². The van der Waals surface area contributed by atoms with E-state index < -0.39 is 0 Å². The summed E-state index contributed by atoms with van der Waals surface area (Å²) in [6.45, 7) is 0. The first-order valence-electron chi connectivity index (χ1n) is 17.4. The van der Waals surface area contributed by atoms with E-state index in [1.165, 1.54) is 49.6 Å². The summed E-state index contributed by atoms with van der Waals surface area (Å²) in [5.74, 6) is 0. The Morgan fingerprint density at radius 3 is 0.324 bits per heavy atom. The van der Waals surface area contributed by atoms with Gasteiger partial charge in [-0.25, -0.2) is 0 Å². The molecule has 8 heterocycles. The molecule has 0 aliphatic rings. The fourth-order valence-electron chi connectivity index (χ4n) is 3.35. The van der Waals surface area contributed by atoms with E-state index in [0.29, 0.717) is 40.2 Å². The molecule has 8 aromatic heterocycles. The van der Waals surface area contributed by atoms with Crippen LogP contribution in [0.15, 0.2) is 235 Å². The molecule has 0 radical (unpaired) electrons. The van der Waals surface area contributed by atoms with Crippen LogP contribution in [0.1, 0.15) is 0 Å². The number of hydrogen-bond donors (Lipinski definition) is 8. The fourth-order valence-corrected chi connectivity index (χ4v) is 4.47. The molecule has 8 aromatic rings. The maximum atomic E-state index is 8.73. The van der Waals surface area contributed by atoms with Gasteiger partial charge in [0, 0.05) is 48.5 Å². The number of pyridine rings is 8. The summed E-state index contributed by atoms with van der Waals surface area (Å²) in [7, 11) is 0. The van der Waals surface area contributed by atoms with Crippen molar-refractivity contribution in [3.63, 3.8) is 0 Å². The molecule has 0 bridgehead atoms. The van der Waals surface area contributed by atoms with E-state index in [-0.39, 0.29) is 77.9 Å². The zero-order chi connectivity index (χ0) is 47.9. The van der Waals surface area contributed by atoms with Crippen molar-refractivity contribution in [3.05, 3.63) is 195 Å². The Balaban J connectivity index is -0.000000341. The number of nitrogens with zero attached hydrogens (tertiary/aromatic N) is 8. The Hall–Kier alpha value is -4.15. The van der Waals surface area contributed by atoms with Crippen LogP contribution >= 0.6 is 0 Å². The molecule has 8 rings (SSSR count). The fraction of sp³-hybridized carbons (Fsp3) is 0. The van der Waals surface area contributed by atoms with Gasteiger partial charge in [-0.05, 0) is 86.4 Å². The van der Waals surface area contributed by atoms with Gasteiger partial charge >= 0.3 is 77.9 Å². The summed E-state index contributed by atoms with van der Waals surface area (Å²) in [4.78, 5) is 0. The van der Waals surface area contributed by atoms with Gasteiger partial charge in [-0.15, -0.1) is 0 Å². The standard InChI is InChI=1S/8C5H5NOS.4Zn/c8*7-6-4-2-1-3-5(6)8;;;;/h8*1-4,7H;;;;/q;;;;;;;;4*+2. The Morgan fingerprint density at radius 2 is 0.279 bits per heavy atom. The molecule has 68 heavy (non-hydrogen) atoms. The van der Waals surface area contributed by atoms with Gasteiger partial charge in [0.2, 0.25) is 49.6 Å². The van der Waals surface area contributed by atoms with Crippen molar-refractivity contribution in [3.8, 4) is 0 Å². The first-order chi connectivity index (χ1) is 30.4. The molecule has 0 aromatic carbocycles. The van der Waals surface area contributed by atoms with E-state index in [9.17, 15) is 0 Å². The summed E-state index contributed by atoms with van der Waals surface area (Å²) in [6.07, 6.45) is 11.9. The van der Waals surface area contributed by atoms with Crippen LogP contribution in [0, 0.1) is 0 Å². The monoisotopic (exact) mass is 1270 g/mol. The summed E-state index contributed by atoms with van der Waals surface area (Å²) < 4.78 is 7.19. The van der Waals surface area contributed by atoms with Gasteiger partial charge in [-0.2, -0.15) is 0 Å². The van der Waals surface area contributed by atoms with E-state index in [1.54, 1.807) is 146 Å². The molecule has 0 atom stereocenters. The average Bonchev–Trinajstić information content (AvgIpc) is 3.28. The molecular formula is C40H40N8O8S8Zn4+8. The summed E-state index contributed by atoms with van der Waals surface area (Å²) >= 11 is 37.3. The van der Waals surface area contributed by atoms with Gasteiger partial charge in [0.25, 0.3) is 0 Å². The van der Waals surface area contributed by atoms with Gasteiger partial charge in [-0.1, -0.05) is 48.5 Å². The minimum Gasteiger partial charge on any atom is -0.705 e. The minimum atomic E-state index is 0. The maximum Gasteiger partial charge on any atom is 2.00 e. The van der Waals surface area contributed by atoms with Crippen LogP contribution in [0.3, 0.4) is 0 Å². The van der Waals surface area contributed by atoms with Gasteiger partial charge in [0.1, 0.15) is 40.2 Å². The SMILES string of the molecule is O[n+]1ccccc1[S-].O[n+]1ccccc1[S-].O[n+]1ccccc1[S-].O[n+]1ccccc1[S-].O[n+]1ccccc1[S-].O[n+]1ccccc1[S-].O[n+]1ccccc1[S-].O[n+]1ccccc1[S-].[Zn+2].[Zn+2].[Zn+2].[Zn+2]. The molecule has 0 aliphatic carbocycles. The largest absolute Gasteiger partial charge is 2.00 e. The molecule has 0 saturated heterocycles. The third-order valence-electron chi connectivity index (χ3n) is 6.42. The van der Waals surface area contributed by atoms with Crippen LogP contribution in [0.5, 0.6) is 0 Å². The zero-order valence-electron chi connectivity index (χ0n) is 35.7. The second-order valence-corrected chi connectivity index (χ2v) is 14.4. The molecule has 0 spiro atoms. The van der Waals surface area contributed by atoms with Crippen LogP contribution in [0.25, 0.3) is 0 Å². The van der Waals surface area contributed by atoms with E-state index in [0.717, 1.165) is 37.8 Å². The summed E-state index contributed by atoms with van der Waals surface area (Å²) in [6, 6.07) is 41.0. The second kappa shape index (κ2) is 41.8. The van der Waals surface area contributed by atoms with Crippen molar-refractivity contribution in [1.82, 2.24) is 0 Å². The molecule has 0 amide bonds. The van der Waals surface area contributed by atoms with Crippen LogP contribution in [0.2, 0.25) is 0 Å². The van der Waals surface area contributed by atoms with Crippen LogP contribution < -0.4 is 37.8 Å². The van der Waals surface area contributed by atoms with Crippen molar-refractivity contribution in [2.75, 3.05) is 0 Å². The maximum absolute atomic E-state index is 8.73. The summed E-state index contributed by atoms with van der Waals surface area (Å²) in [5.41, 5.74) is 0. The van der Waals surface area contributed by atoms with E-state index >= 15 is 0 Å². The molecule has 16 nitrogen and oxygen atoms in total. The molecule has 336 valence electrons. The van der Waals surface area contributed by atoms with Crippen molar-refractivity contribution in [1.29, 1.82) is 0 Å². The minimum absolute atomic E-state index is 0. The number of rotatable bonds is 0. The molecular weight excluding hydrogens is 1240 g/mol. The number of hydrogen-bond acceptors (Lipinski definition) is 16. The van der Waals surface area contributed by atoms with Crippen LogP contribution in [-0.2, 0) is 179 Å². The predicted octanol–water partition coefficient (Wildman–Crippen LogP) is 0.928. The van der Waals surface area contributed by atoms with Crippen molar-refractivity contribution >= 4 is 101 Å². The normalized spacial score (nSPS) is 8.47. The second-order valence-electron chi connectivity index (χ2n) is 11.1. The van der Waals surface area contributed by atoms with Crippen molar-refractivity contribution in [2.24, 2.45) is 0 Å². The molecule has 0 fully saturated rings. The van der Waals surface area contributed by atoms with Gasteiger partial charge in [0.05, 0.1) is 0 Å². The van der Waals surface area contributed by atoms with Crippen molar-refractivity contribution < 1.29 is 157 Å². The predicted molar refractivity (Wildman–Crippen MR) is 236 cm³/mol. The van der Waals surface area contributed by atoms with Crippen LogP contribution in [0.4, 0.5) is 0 Å². The molecule has 0 aliphatic heterocycles. The Labute approximate surface area is 488 Å². The first-order valence-corrected chi connectivity index (χ1v) is 20.7. The van der Waals surface area contributed by atoms with Gasteiger partial charge in [-0.3, -0.25) is 41.7 Å². The van der Waals surface area contributed by atoms with Crippen LogP contribution in [-0.4, -0.2) is 41.7 Å². The Kier molecular flexibility index (Phi) is 43.3. The smallest absolute Gasteiger partial charge is 0.705 e. The molecule has 0 saturated carbocycles. The van der Waals surface area contributed by atoms with E-state index in [1.807, 2.05) is 0 Å². The average molecular weight is 1280 g/mol. The van der Waals surface area contributed by atoms with Gasteiger partial charge < -0.3 is 101 Å². The van der Waals surface area contributed by atoms with E-state index in [2.05, 4.69) is 101 Å². The van der Waals surface area contributed by atoms with Crippen molar-refractivity contribution in [2.45, 2.75) is 40.2 Å². The molecule has 28 heteroatoms. The zero-order valence-corrected chi connectivity index (χ0v) is 54.1. The van der Waals surface area contributed by atoms with E-state index in [4.69, 9.17) is 41.7 Å². The molecule has 8 N–H and O–H groups in total. The quantitative estimate of drug-likeness (QED) is 0.0463. The van der Waals surface area contributed by atoms with Gasteiger partial charge in [0.15, 0.2) is 0 Å². The Morgan fingerprint density at radius 1 is 0.191 bits per heavy atom. The summed E-state index contributed by atoms with van der Waals surface area (Å²) in [5, 5.41) is 73.2. The Bertz CT molecular complexity index is 1890. The number of aromatic nitrogens is 8. The first kappa shape index (κ1) is 70.4.